The number of carbonyl (C=O) groups excluding carboxylic acids is 3. The van der Waals surface area contributed by atoms with Gasteiger partial charge in [-0.1, -0.05) is 30.3 Å². The molecular formula is C20H24N2O3. The Morgan fingerprint density at radius 2 is 1.56 bits per heavy atom. The maximum Gasteiger partial charge on any atom is 0.322 e. The molecule has 0 aliphatic heterocycles. The van der Waals surface area contributed by atoms with Crippen molar-refractivity contribution in [2.75, 3.05) is 0 Å². The smallest absolute Gasteiger partial charge is 0.322 e. The zero-order chi connectivity index (χ0) is 17.4. The van der Waals surface area contributed by atoms with Crippen LogP contribution >= 0.6 is 0 Å². The quantitative estimate of drug-likeness (QED) is 0.828. The number of hydrogen-bond acceptors (Lipinski definition) is 3. The number of aldehydes is 1. The van der Waals surface area contributed by atoms with Gasteiger partial charge in [-0.05, 0) is 61.8 Å². The lowest BCUT2D eigenvalue weighted by Crippen LogP contribution is -2.56. The van der Waals surface area contributed by atoms with E-state index in [2.05, 4.69) is 10.6 Å². The fourth-order valence-electron chi connectivity index (χ4n) is 5.66. The third-order valence-corrected chi connectivity index (χ3v) is 6.33. The van der Waals surface area contributed by atoms with Crippen molar-refractivity contribution in [1.82, 2.24) is 10.6 Å². The van der Waals surface area contributed by atoms with Crippen LogP contribution in [0.1, 0.15) is 50.1 Å². The Morgan fingerprint density at radius 1 is 1.00 bits per heavy atom. The molecule has 1 aromatic rings. The maximum atomic E-state index is 12.9. The van der Waals surface area contributed by atoms with Gasteiger partial charge >= 0.3 is 6.03 Å². The van der Waals surface area contributed by atoms with Crippen LogP contribution in [0.5, 0.6) is 0 Å². The second-order valence-corrected chi connectivity index (χ2v) is 8.15. The predicted octanol–water partition coefficient (Wildman–Crippen LogP) is 2.97. The number of benzene rings is 1. The SMILES string of the molecule is O=CC(NC(=O)NC(=O)C12CC3CC(CC(C3)C1)C2)c1ccccc1. The van der Waals surface area contributed by atoms with Gasteiger partial charge in [-0.2, -0.15) is 0 Å². The number of urea groups is 1. The normalized spacial score (nSPS) is 33.5. The molecule has 5 rings (SSSR count). The molecule has 0 aromatic heterocycles. The molecule has 4 aliphatic rings. The van der Waals surface area contributed by atoms with E-state index in [1.807, 2.05) is 18.2 Å². The largest absolute Gasteiger partial charge is 0.324 e. The standard InChI is InChI=1S/C20H24N2O3/c23-12-17(16-4-2-1-3-5-16)21-19(25)22-18(24)20-9-13-6-14(10-20)8-15(7-13)11-20/h1-5,12-15,17H,6-11H2,(H2,21,22,24,25). The van der Waals surface area contributed by atoms with Crippen LogP contribution in [-0.2, 0) is 9.59 Å². The van der Waals surface area contributed by atoms with Crippen LogP contribution in [0.4, 0.5) is 4.79 Å². The van der Waals surface area contributed by atoms with Crippen molar-refractivity contribution in [2.45, 2.75) is 44.6 Å². The molecule has 0 saturated heterocycles. The number of nitrogens with one attached hydrogen (secondary N) is 2. The minimum Gasteiger partial charge on any atom is -0.324 e. The Morgan fingerprint density at radius 3 is 2.08 bits per heavy atom. The highest BCUT2D eigenvalue weighted by molar-refractivity contribution is 5.98. The molecule has 0 radical (unpaired) electrons. The minimum absolute atomic E-state index is 0.151. The van der Waals surface area contributed by atoms with Gasteiger partial charge in [0.05, 0.1) is 5.41 Å². The summed E-state index contributed by atoms with van der Waals surface area (Å²) < 4.78 is 0. The van der Waals surface area contributed by atoms with Gasteiger partial charge in [-0.15, -0.1) is 0 Å². The molecule has 132 valence electrons. The van der Waals surface area contributed by atoms with E-state index in [1.165, 1.54) is 19.3 Å². The molecule has 0 spiro atoms. The molecule has 1 unspecified atom stereocenters. The Bertz CT molecular complexity index is 650. The second-order valence-electron chi connectivity index (χ2n) is 8.15. The van der Waals surface area contributed by atoms with E-state index in [1.54, 1.807) is 12.1 Å². The van der Waals surface area contributed by atoms with Crippen LogP contribution in [0.3, 0.4) is 0 Å². The molecule has 2 N–H and O–H groups in total. The lowest BCUT2D eigenvalue weighted by molar-refractivity contribution is -0.145. The van der Waals surface area contributed by atoms with Crippen LogP contribution in [0, 0.1) is 23.2 Å². The van der Waals surface area contributed by atoms with Crippen molar-refractivity contribution >= 4 is 18.2 Å². The summed E-state index contributed by atoms with van der Waals surface area (Å²) in [4.78, 5) is 36.5. The van der Waals surface area contributed by atoms with Gasteiger partial charge in [-0.25, -0.2) is 4.79 Å². The number of hydrogen-bond donors (Lipinski definition) is 2. The van der Waals surface area contributed by atoms with Crippen molar-refractivity contribution < 1.29 is 14.4 Å². The zero-order valence-corrected chi connectivity index (χ0v) is 14.2. The molecule has 4 aliphatic carbocycles. The number of amides is 3. The molecule has 4 fully saturated rings. The van der Waals surface area contributed by atoms with Crippen molar-refractivity contribution in [3.63, 3.8) is 0 Å². The topological polar surface area (TPSA) is 75.3 Å². The fraction of sp³-hybridized carbons (Fsp3) is 0.550. The third-order valence-electron chi connectivity index (χ3n) is 6.33. The Balaban J connectivity index is 1.41. The third kappa shape index (κ3) is 3.08. The van der Waals surface area contributed by atoms with E-state index in [9.17, 15) is 14.4 Å². The highest BCUT2D eigenvalue weighted by Gasteiger charge is 2.54. The van der Waals surface area contributed by atoms with E-state index in [-0.39, 0.29) is 11.3 Å². The molecule has 4 saturated carbocycles. The Kier molecular flexibility index (Phi) is 4.10. The summed E-state index contributed by atoms with van der Waals surface area (Å²) in [6, 6.07) is 7.70. The Labute approximate surface area is 147 Å². The van der Waals surface area contributed by atoms with Gasteiger partial charge in [0.2, 0.25) is 5.91 Å². The van der Waals surface area contributed by atoms with Gasteiger partial charge in [-0.3, -0.25) is 10.1 Å². The molecular weight excluding hydrogens is 316 g/mol. The molecule has 1 aromatic carbocycles. The van der Waals surface area contributed by atoms with Gasteiger partial charge in [0.25, 0.3) is 0 Å². The van der Waals surface area contributed by atoms with Gasteiger partial charge < -0.3 is 10.1 Å². The summed E-state index contributed by atoms with van der Waals surface area (Å²) >= 11 is 0. The van der Waals surface area contributed by atoms with Gasteiger partial charge in [0, 0.05) is 0 Å². The summed E-state index contributed by atoms with van der Waals surface area (Å²) in [6.45, 7) is 0. The molecule has 4 bridgehead atoms. The average molecular weight is 340 g/mol. The number of rotatable bonds is 4. The summed E-state index contributed by atoms with van der Waals surface area (Å²) in [5.74, 6) is 1.79. The predicted molar refractivity (Wildman–Crippen MR) is 92.5 cm³/mol. The first-order valence-electron chi connectivity index (χ1n) is 9.20. The summed E-state index contributed by atoms with van der Waals surface area (Å²) in [7, 11) is 0. The van der Waals surface area contributed by atoms with Crippen molar-refractivity contribution in [3.05, 3.63) is 35.9 Å². The maximum absolute atomic E-state index is 12.9. The van der Waals surface area contributed by atoms with Crippen LogP contribution in [0.2, 0.25) is 0 Å². The second kappa shape index (κ2) is 6.28. The van der Waals surface area contributed by atoms with E-state index < -0.39 is 12.1 Å². The molecule has 0 heterocycles. The van der Waals surface area contributed by atoms with Gasteiger partial charge in [0.15, 0.2) is 0 Å². The number of imide groups is 1. The van der Waals surface area contributed by atoms with E-state index in [0.29, 0.717) is 29.6 Å². The Hall–Kier alpha value is -2.17. The van der Waals surface area contributed by atoms with Crippen LogP contribution in [0.25, 0.3) is 0 Å². The lowest BCUT2D eigenvalue weighted by atomic mass is 9.49. The van der Waals surface area contributed by atoms with E-state index >= 15 is 0 Å². The molecule has 5 heteroatoms. The van der Waals surface area contributed by atoms with Crippen molar-refractivity contribution in [3.8, 4) is 0 Å². The number of carbonyl (C=O) groups is 3. The zero-order valence-electron chi connectivity index (χ0n) is 14.2. The molecule has 3 amide bonds. The van der Waals surface area contributed by atoms with E-state index in [4.69, 9.17) is 0 Å². The molecule has 25 heavy (non-hydrogen) atoms. The van der Waals surface area contributed by atoms with Crippen molar-refractivity contribution in [2.24, 2.45) is 23.2 Å². The van der Waals surface area contributed by atoms with E-state index in [0.717, 1.165) is 19.3 Å². The van der Waals surface area contributed by atoms with Crippen LogP contribution in [-0.4, -0.2) is 18.2 Å². The highest BCUT2D eigenvalue weighted by atomic mass is 16.2. The highest BCUT2D eigenvalue weighted by Crippen LogP contribution is 2.60. The fourth-order valence-corrected chi connectivity index (χ4v) is 5.66. The summed E-state index contributed by atoms with van der Waals surface area (Å²) in [6.07, 6.45) is 7.17. The average Bonchev–Trinajstić information content (AvgIpc) is 2.59. The summed E-state index contributed by atoms with van der Waals surface area (Å²) in [5.41, 5.74) is 0.338. The van der Waals surface area contributed by atoms with Crippen LogP contribution in [0.15, 0.2) is 30.3 Å². The monoisotopic (exact) mass is 340 g/mol. The lowest BCUT2D eigenvalue weighted by Gasteiger charge is -2.55. The molecule has 1 atom stereocenters. The van der Waals surface area contributed by atoms with Crippen molar-refractivity contribution in [1.29, 1.82) is 0 Å². The van der Waals surface area contributed by atoms with Crippen LogP contribution < -0.4 is 10.6 Å². The van der Waals surface area contributed by atoms with Gasteiger partial charge in [0.1, 0.15) is 12.3 Å². The summed E-state index contributed by atoms with van der Waals surface area (Å²) in [5, 5.41) is 5.13. The first-order chi connectivity index (χ1) is 12.1. The first kappa shape index (κ1) is 16.3. The molecule has 5 nitrogen and oxygen atoms in total. The minimum atomic E-state index is -0.745. The first-order valence-corrected chi connectivity index (χ1v) is 9.20.